The van der Waals surface area contributed by atoms with Crippen molar-refractivity contribution in [3.63, 3.8) is 0 Å². The number of aromatic nitrogens is 1. The van der Waals surface area contributed by atoms with Gasteiger partial charge in [-0.25, -0.2) is 4.98 Å². The molecular formula is C22H27Cl2N3O. The Morgan fingerprint density at radius 2 is 1.64 bits per heavy atom. The van der Waals surface area contributed by atoms with Gasteiger partial charge in [0.1, 0.15) is 0 Å². The van der Waals surface area contributed by atoms with E-state index in [1.165, 1.54) is 0 Å². The number of hydrogen-bond donors (Lipinski definition) is 1. The second kappa shape index (κ2) is 9.87. The quantitative estimate of drug-likeness (QED) is 0.645. The summed E-state index contributed by atoms with van der Waals surface area (Å²) >= 11 is 0. The van der Waals surface area contributed by atoms with Crippen LogP contribution in [0.15, 0.2) is 60.7 Å². The molecule has 0 aliphatic carbocycles. The zero-order valence-electron chi connectivity index (χ0n) is 16.4. The average molecular weight is 420 g/mol. The number of pyridine rings is 1. The minimum Gasteiger partial charge on any atom is -0.341 e. The van der Waals surface area contributed by atoms with Crippen molar-refractivity contribution >= 4 is 41.6 Å². The maximum absolute atomic E-state index is 13.2. The van der Waals surface area contributed by atoms with Gasteiger partial charge in [-0.1, -0.05) is 62.4 Å². The van der Waals surface area contributed by atoms with E-state index in [9.17, 15) is 4.79 Å². The highest BCUT2D eigenvalue weighted by atomic mass is 35.5. The standard InChI is InChI=1S/C22H25N3O.2ClH/c1-22(2,14-23)15-25(3)21(26)18-13-20(16-9-5-4-6-10-16)24-19-12-8-7-11-17(18)19;;/h4-13H,14-15,23H2,1-3H3;2*1H. The molecule has 0 spiro atoms. The molecular weight excluding hydrogens is 393 g/mol. The normalized spacial score (nSPS) is 10.7. The molecule has 0 atom stereocenters. The lowest BCUT2D eigenvalue weighted by Gasteiger charge is -2.29. The Morgan fingerprint density at radius 1 is 1.04 bits per heavy atom. The summed E-state index contributed by atoms with van der Waals surface area (Å²) in [6, 6.07) is 19.6. The Balaban J connectivity index is 0.00000196. The zero-order valence-corrected chi connectivity index (χ0v) is 18.0. The van der Waals surface area contributed by atoms with Crippen LogP contribution >= 0.6 is 24.8 Å². The lowest BCUT2D eigenvalue weighted by molar-refractivity contribution is 0.0742. The third-order valence-electron chi connectivity index (χ3n) is 4.58. The van der Waals surface area contributed by atoms with E-state index in [4.69, 9.17) is 10.7 Å². The maximum Gasteiger partial charge on any atom is 0.254 e. The Labute approximate surface area is 179 Å². The molecule has 2 aromatic carbocycles. The first-order valence-corrected chi connectivity index (χ1v) is 8.82. The maximum atomic E-state index is 13.2. The van der Waals surface area contributed by atoms with Crippen molar-refractivity contribution < 1.29 is 4.79 Å². The van der Waals surface area contributed by atoms with Gasteiger partial charge in [-0.3, -0.25) is 4.79 Å². The molecule has 2 N–H and O–H groups in total. The van der Waals surface area contributed by atoms with Crippen LogP contribution in [0, 0.1) is 5.41 Å². The minimum atomic E-state index is -0.129. The summed E-state index contributed by atoms with van der Waals surface area (Å²) in [5.74, 6) is -0.0118. The van der Waals surface area contributed by atoms with Gasteiger partial charge >= 0.3 is 0 Å². The molecule has 0 fully saturated rings. The van der Waals surface area contributed by atoms with Crippen molar-refractivity contribution in [2.75, 3.05) is 20.1 Å². The second-order valence-electron chi connectivity index (χ2n) is 7.47. The van der Waals surface area contributed by atoms with Crippen molar-refractivity contribution in [3.8, 4) is 11.3 Å². The predicted octanol–water partition coefficient (Wildman–Crippen LogP) is 4.80. The molecule has 0 unspecified atom stereocenters. The van der Waals surface area contributed by atoms with Gasteiger partial charge in [-0.05, 0) is 24.1 Å². The van der Waals surface area contributed by atoms with E-state index in [2.05, 4.69) is 13.8 Å². The first-order chi connectivity index (χ1) is 12.4. The Bertz CT molecular complexity index is 929. The van der Waals surface area contributed by atoms with Crippen molar-refractivity contribution in [1.82, 2.24) is 9.88 Å². The molecule has 3 rings (SSSR count). The highest BCUT2D eigenvalue weighted by molar-refractivity contribution is 6.07. The number of nitrogens with two attached hydrogens (primary N) is 1. The minimum absolute atomic E-state index is 0. The molecule has 28 heavy (non-hydrogen) atoms. The van der Waals surface area contributed by atoms with E-state index < -0.39 is 0 Å². The highest BCUT2D eigenvalue weighted by Crippen LogP contribution is 2.26. The number of rotatable bonds is 5. The molecule has 3 aromatic rings. The van der Waals surface area contributed by atoms with Gasteiger partial charge in [-0.2, -0.15) is 0 Å². The number of nitrogens with zero attached hydrogens (tertiary/aromatic N) is 2. The largest absolute Gasteiger partial charge is 0.341 e. The van der Waals surface area contributed by atoms with Crippen LogP contribution in [0.5, 0.6) is 0 Å². The molecule has 0 saturated carbocycles. The third kappa shape index (κ3) is 5.22. The first kappa shape index (κ1) is 23.9. The molecule has 0 radical (unpaired) electrons. The van der Waals surface area contributed by atoms with Crippen molar-refractivity contribution in [3.05, 3.63) is 66.2 Å². The number of carbonyl (C=O) groups is 1. The number of halogens is 2. The smallest absolute Gasteiger partial charge is 0.254 e. The zero-order chi connectivity index (χ0) is 18.7. The van der Waals surface area contributed by atoms with E-state index in [0.29, 0.717) is 18.7 Å². The Kier molecular flexibility index (Phi) is 8.43. The van der Waals surface area contributed by atoms with Crippen LogP contribution in [0.2, 0.25) is 0 Å². The summed E-state index contributed by atoms with van der Waals surface area (Å²) in [6.07, 6.45) is 0. The lowest BCUT2D eigenvalue weighted by Crippen LogP contribution is -2.39. The number of hydrogen-bond acceptors (Lipinski definition) is 3. The van der Waals surface area contributed by atoms with Crippen LogP contribution in [0.3, 0.4) is 0 Å². The van der Waals surface area contributed by atoms with E-state index in [-0.39, 0.29) is 36.1 Å². The summed E-state index contributed by atoms with van der Waals surface area (Å²) in [7, 11) is 1.83. The molecule has 0 aliphatic heterocycles. The molecule has 0 aliphatic rings. The van der Waals surface area contributed by atoms with Crippen LogP contribution in [0.1, 0.15) is 24.2 Å². The molecule has 1 aromatic heterocycles. The van der Waals surface area contributed by atoms with Gasteiger partial charge in [0.25, 0.3) is 5.91 Å². The van der Waals surface area contributed by atoms with Crippen LogP contribution < -0.4 is 5.73 Å². The lowest BCUT2D eigenvalue weighted by atomic mass is 9.93. The number of benzene rings is 2. The molecule has 1 amide bonds. The number of para-hydroxylation sites is 1. The van der Waals surface area contributed by atoms with E-state index in [0.717, 1.165) is 22.2 Å². The summed E-state index contributed by atoms with van der Waals surface area (Å²) in [5.41, 5.74) is 9.00. The van der Waals surface area contributed by atoms with Crippen LogP contribution in [-0.2, 0) is 0 Å². The predicted molar refractivity (Wildman–Crippen MR) is 121 cm³/mol. The molecule has 0 saturated heterocycles. The van der Waals surface area contributed by atoms with Gasteiger partial charge in [0.05, 0.1) is 16.8 Å². The molecule has 1 heterocycles. The second-order valence-corrected chi connectivity index (χ2v) is 7.47. The molecule has 0 bridgehead atoms. The van der Waals surface area contributed by atoms with E-state index >= 15 is 0 Å². The fraction of sp³-hybridized carbons (Fsp3) is 0.273. The Morgan fingerprint density at radius 3 is 2.29 bits per heavy atom. The average Bonchev–Trinajstić information content (AvgIpc) is 2.67. The van der Waals surface area contributed by atoms with Gasteiger partial charge in [0.2, 0.25) is 0 Å². The van der Waals surface area contributed by atoms with Gasteiger partial charge in [0, 0.05) is 24.5 Å². The molecule has 6 heteroatoms. The number of amides is 1. The van der Waals surface area contributed by atoms with Gasteiger partial charge in [-0.15, -0.1) is 24.8 Å². The van der Waals surface area contributed by atoms with Crippen LogP contribution in [0.4, 0.5) is 0 Å². The third-order valence-corrected chi connectivity index (χ3v) is 4.58. The monoisotopic (exact) mass is 419 g/mol. The van der Waals surface area contributed by atoms with Crippen LogP contribution in [-0.4, -0.2) is 35.9 Å². The summed E-state index contributed by atoms with van der Waals surface area (Å²) in [6.45, 7) is 5.25. The molecule has 150 valence electrons. The molecule has 4 nitrogen and oxygen atoms in total. The summed E-state index contributed by atoms with van der Waals surface area (Å²) in [5, 5.41) is 0.870. The number of carbonyl (C=O) groups excluding carboxylic acids is 1. The fourth-order valence-electron chi connectivity index (χ4n) is 3.09. The van der Waals surface area contributed by atoms with E-state index in [1.807, 2.05) is 67.7 Å². The van der Waals surface area contributed by atoms with Crippen molar-refractivity contribution in [1.29, 1.82) is 0 Å². The van der Waals surface area contributed by atoms with Crippen molar-refractivity contribution in [2.45, 2.75) is 13.8 Å². The Hall–Kier alpha value is -2.14. The summed E-state index contributed by atoms with van der Waals surface area (Å²) in [4.78, 5) is 19.7. The topological polar surface area (TPSA) is 59.2 Å². The highest BCUT2D eigenvalue weighted by Gasteiger charge is 2.23. The van der Waals surface area contributed by atoms with Crippen LogP contribution in [0.25, 0.3) is 22.2 Å². The van der Waals surface area contributed by atoms with Gasteiger partial charge in [0.15, 0.2) is 0 Å². The fourth-order valence-corrected chi connectivity index (χ4v) is 3.09. The first-order valence-electron chi connectivity index (χ1n) is 8.82. The van der Waals surface area contributed by atoms with Gasteiger partial charge < -0.3 is 10.6 Å². The number of fused-ring (bicyclic) bond motifs is 1. The van der Waals surface area contributed by atoms with Crippen molar-refractivity contribution in [2.24, 2.45) is 11.1 Å². The SMILES string of the molecule is CN(CC(C)(C)CN)C(=O)c1cc(-c2ccccc2)nc2ccccc12.Cl.Cl. The summed E-state index contributed by atoms with van der Waals surface area (Å²) < 4.78 is 0. The van der Waals surface area contributed by atoms with E-state index in [1.54, 1.807) is 4.90 Å².